The van der Waals surface area contributed by atoms with Crippen molar-refractivity contribution in [2.24, 2.45) is 0 Å². The van der Waals surface area contributed by atoms with Crippen LogP contribution in [0.15, 0.2) is 52.3 Å². The Balaban J connectivity index is 0.00000272. The van der Waals surface area contributed by atoms with Crippen molar-refractivity contribution in [1.29, 1.82) is 0 Å². The van der Waals surface area contributed by atoms with Crippen LogP contribution in [0.25, 0.3) is 0 Å². The first-order chi connectivity index (χ1) is 14.7. The smallest absolute Gasteiger partial charge is 0.411 e. The largest absolute Gasteiger partial charge is 0.450 e. The maximum absolute atomic E-state index is 12.7. The van der Waals surface area contributed by atoms with Gasteiger partial charge in [-0.25, -0.2) is 4.79 Å². The van der Waals surface area contributed by atoms with Gasteiger partial charge in [0.1, 0.15) is 0 Å². The van der Waals surface area contributed by atoms with Crippen LogP contribution in [0.5, 0.6) is 0 Å². The van der Waals surface area contributed by atoms with Crippen LogP contribution in [0.2, 0.25) is 0 Å². The molecule has 0 aromatic heterocycles. The minimum absolute atomic E-state index is 0. The van der Waals surface area contributed by atoms with Crippen molar-refractivity contribution in [2.75, 3.05) is 49.7 Å². The quantitative estimate of drug-likeness (QED) is 0.702. The van der Waals surface area contributed by atoms with Gasteiger partial charge < -0.3 is 19.3 Å². The summed E-state index contributed by atoms with van der Waals surface area (Å²) >= 11 is 1.69. The Morgan fingerprint density at radius 1 is 1.10 bits per heavy atom. The molecule has 0 atom stereocenters. The fraction of sp³-hybridized carbons (Fsp3) is 0.364. The molecule has 0 unspecified atom stereocenters. The highest BCUT2D eigenvalue weighted by atomic mass is 35.5. The Morgan fingerprint density at radius 2 is 1.84 bits per heavy atom. The Morgan fingerprint density at radius 3 is 2.61 bits per heavy atom. The Hall–Kier alpha value is -2.42. The molecule has 1 saturated heterocycles. The number of hydrogen-bond acceptors (Lipinski definition) is 6. The summed E-state index contributed by atoms with van der Waals surface area (Å²) in [7, 11) is 0. The van der Waals surface area contributed by atoms with E-state index in [1.807, 2.05) is 35.2 Å². The van der Waals surface area contributed by atoms with E-state index in [2.05, 4.69) is 22.3 Å². The van der Waals surface area contributed by atoms with Crippen LogP contribution in [0, 0.1) is 0 Å². The molecule has 9 heteroatoms. The molecule has 0 bridgehead atoms. The fourth-order valence-corrected chi connectivity index (χ4v) is 4.69. The van der Waals surface area contributed by atoms with Gasteiger partial charge in [0, 0.05) is 41.5 Å². The Labute approximate surface area is 192 Å². The van der Waals surface area contributed by atoms with E-state index in [1.165, 1.54) is 0 Å². The lowest BCUT2D eigenvalue weighted by Crippen LogP contribution is -2.41. The number of ether oxygens (including phenoxy) is 2. The number of nitrogens with zero attached hydrogens (tertiary/aromatic N) is 2. The maximum Gasteiger partial charge on any atom is 0.411 e. The molecule has 0 spiro atoms. The fourth-order valence-electron chi connectivity index (χ4n) is 3.61. The molecule has 2 amide bonds. The summed E-state index contributed by atoms with van der Waals surface area (Å²) in [6.07, 6.45) is -0.0658. The van der Waals surface area contributed by atoms with Gasteiger partial charge >= 0.3 is 6.09 Å². The third-order valence-electron chi connectivity index (χ3n) is 5.06. The van der Waals surface area contributed by atoms with Crippen molar-refractivity contribution in [3.05, 3.63) is 42.5 Å². The third-order valence-corrected chi connectivity index (χ3v) is 6.19. The first kappa shape index (κ1) is 23.2. The maximum atomic E-state index is 12.7. The van der Waals surface area contributed by atoms with Gasteiger partial charge in [-0.3, -0.25) is 10.1 Å². The first-order valence-electron chi connectivity index (χ1n) is 10.1. The van der Waals surface area contributed by atoms with E-state index in [-0.39, 0.29) is 18.3 Å². The zero-order chi connectivity index (χ0) is 20.9. The molecule has 2 aromatic rings. The van der Waals surface area contributed by atoms with Gasteiger partial charge in [-0.1, -0.05) is 23.9 Å². The zero-order valence-corrected chi connectivity index (χ0v) is 19.0. The molecule has 7 nitrogen and oxygen atoms in total. The molecule has 0 radical (unpaired) electrons. The predicted molar refractivity (Wildman–Crippen MR) is 124 cm³/mol. The highest BCUT2D eigenvalue weighted by Crippen LogP contribution is 2.48. The van der Waals surface area contributed by atoms with Gasteiger partial charge in [0.15, 0.2) is 0 Å². The van der Waals surface area contributed by atoms with E-state index in [0.29, 0.717) is 51.6 Å². The number of carbonyl (C=O) groups is 2. The second-order valence-corrected chi connectivity index (χ2v) is 8.08. The van der Waals surface area contributed by atoms with E-state index < -0.39 is 6.09 Å². The van der Waals surface area contributed by atoms with Crippen molar-refractivity contribution in [2.45, 2.75) is 23.1 Å². The number of para-hydroxylation sites is 1. The number of anilines is 3. The molecular weight excluding hydrogens is 438 g/mol. The van der Waals surface area contributed by atoms with Crippen molar-refractivity contribution in [3.63, 3.8) is 0 Å². The molecule has 2 aliphatic rings. The van der Waals surface area contributed by atoms with Crippen LogP contribution >= 0.6 is 24.2 Å². The van der Waals surface area contributed by atoms with E-state index in [9.17, 15) is 9.59 Å². The average Bonchev–Trinajstić information content (AvgIpc) is 2.77. The molecule has 166 valence electrons. The third kappa shape index (κ3) is 5.44. The van der Waals surface area contributed by atoms with Gasteiger partial charge in [0.25, 0.3) is 0 Å². The van der Waals surface area contributed by atoms with Crippen LogP contribution in [0.3, 0.4) is 0 Å². The molecule has 1 fully saturated rings. The highest BCUT2D eigenvalue weighted by molar-refractivity contribution is 7.99. The van der Waals surface area contributed by atoms with Gasteiger partial charge in [-0.2, -0.15) is 0 Å². The van der Waals surface area contributed by atoms with E-state index in [0.717, 1.165) is 21.2 Å². The van der Waals surface area contributed by atoms with Crippen molar-refractivity contribution < 1.29 is 19.1 Å². The number of nitrogens with one attached hydrogen (secondary N) is 1. The van der Waals surface area contributed by atoms with E-state index in [1.54, 1.807) is 18.7 Å². The Kier molecular flexibility index (Phi) is 8.06. The molecule has 2 aromatic carbocycles. The van der Waals surface area contributed by atoms with E-state index >= 15 is 0 Å². The SMILES string of the molecule is CCOC(=O)Nc1ccc2c(c1)N(CCC(=O)N1CCOCC1)c1ccccc1S2.Cl. The summed E-state index contributed by atoms with van der Waals surface area (Å²) < 4.78 is 10.3. The molecule has 0 aliphatic carbocycles. The number of benzene rings is 2. The second-order valence-electron chi connectivity index (χ2n) is 6.99. The van der Waals surface area contributed by atoms with Crippen LogP contribution in [-0.2, 0) is 14.3 Å². The molecule has 4 rings (SSSR count). The lowest BCUT2D eigenvalue weighted by Gasteiger charge is -2.34. The normalized spacial score (nSPS) is 14.7. The molecule has 0 saturated carbocycles. The first-order valence-corrected chi connectivity index (χ1v) is 10.9. The summed E-state index contributed by atoms with van der Waals surface area (Å²) in [6.45, 7) is 5.14. The summed E-state index contributed by atoms with van der Waals surface area (Å²) in [5.74, 6) is 0.136. The van der Waals surface area contributed by atoms with Gasteiger partial charge in [-0.05, 0) is 37.3 Å². The number of hydrogen-bond donors (Lipinski definition) is 1. The van der Waals surface area contributed by atoms with Crippen molar-refractivity contribution >= 4 is 53.2 Å². The number of morpholine rings is 1. The zero-order valence-electron chi connectivity index (χ0n) is 17.3. The summed E-state index contributed by atoms with van der Waals surface area (Å²) in [5, 5.41) is 2.77. The molecule has 1 N–H and O–H groups in total. The predicted octanol–water partition coefficient (Wildman–Crippen LogP) is 4.53. The summed E-state index contributed by atoms with van der Waals surface area (Å²) in [4.78, 5) is 30.8. The highest BCUT2D eigenvalue weighted by Gasteiger charge is 2.25. The lowest BCUT2D eigenvalue weighted by molar-refractivity contribution is -0.135. The lowest BCUT2D eigenvalue weighted by atomic mass is 10.2. The van der Waals surface area contributed by atoms with Crippen molar-refractivity contribution in [1.82, 2.24) is 4.90 Å². The number of fused-ring (bicyclic) bond motifs is 2. The number of rotatable bonds is 5. The van der Waals surface area contributed by atoms with Crippen LogP contribution < -0.4 is 10.2 Å². The van der Waals surface area contributed by atoms with Gasteiger partial charge in [-0.15, -0.1) is 12.4 Å². The minimum atomic E-state index is -0.477. The standard InChI is InChI=1S/C22H25N3O4S.ClH/c1-2-29-22(27)23-16-7-8-20-18(15-16)25(17-5-3-4-6-19(17)30-20)10-9-21(26)24-11-13-28-14-12-24;/h3-8,15H,2,9-14H2,1H3,(H,23,27);1H. The Bertz CT molecular complexity index is 937. The monoisotopic (exact) mass is 463 g/mol. The number of amides is 2. The van der Waals surface area contributed by atoms with Gasteiger partial charge in [0.05, 0.1) is 31.2 Å². The number of halogens is 1. The van der Waals surface area contributed by atoms with Crippen molar-refractivity contribution in [3.8, 4) is 0 Å². The van der Waals surface area contributed by atoms with E-state index in [4.69, 9.17) is 9.47 Å². The molecule has 2 aliphatic heterocycles. The van der Waals surface area contributed by atoms with Gasteiger partial charge in [0.2, 0.25) is 5.91 Å². The van der Waals surface area contributed by atoms with Crippen LogP contribution in [0.4, 0.5) is 21.9 Å². The average molecular weight is 464 g/mol. The number of carbonyl (C=O) groups excluding carboxylic acids is 2. The summed E-state index contributed by atoms with van der Waals surface area (Å²) in [5.41, 5.74) is 2.71. The van der Waals surface area contributed by atoms with Crippen LogP contribution in [-0.4, -0.2) is 56.4 Å². The molecule has 31 heavy (non-hydrogen) atoms. The topological polar surface area (TPSA) is 71.1 Å². The molecular formula is C22H26ClN3O4S. The minimum Gasteiger partial charge on any atom is -0.450 e. The molecule has 2 heterocycles. The summed E-state index contributed by atoms with van der Waals surface area (Å²) in [6, 6.07) is 14.0. The second kappa shape index (κ2) is 10.7. The van der Waals surface area contributed by atoms with Crippen LogP contribution in [0.1, 0.15) is 13.3 Å².